The zero-order valence-corrected chi connectivity index (χ0v) is 18.9. The van der Waals surface area contributed by atoms with Gasteiger partial charge in [-0.05, 0) is 60.6 Å². The molecule has 33 heavy (non-hydrogen) atoms. The number of rotatable bonds is 8. The van der Waals surface area contributed by atoms with Gasteiger partial charge in [-0.1, -0.05) is 49.4 Å². The van der Waals surface area contributed by atoms with Gasteiger partial charge < -0.3 is 5.73 Å². The molecule has 0 bridgehead atoms. The number of nitrogens with zero attached hydrogens (tertiary/aromatic N) is 7. The minimum absolute atomic E-state index is 0.0221. The van der Waals surface area contributed by atoms with E-state index in [-0.39, 0.29) is 17.3 Å². The normalized spacial score (nSPS) is 16.2. The van der Waals surface area contributed by atoms with Crippen molar-refractivity contribution in [1.82, 2.24) is 35.6 Å². The number of aromatic nitrogens is 5. The number of hydrazone groups is 1. The molecule has 1 aliphatic rings. The third-order valence-corrected chi connectivity index (χ3v) is 6.07. The van der Waals surface area contributed by atoms with Crippen LogP contribution < -0.4 is 11.2 Å². The molecular weight excluding hydrogens is 422 g/mol. The molecule has 1 amide bonds. The molecule has 0 saturated heterocycles. The molecule has 0 radical (unpaired) electrons. The predicted molar refractivity (Wildman–Crippen MR) is 123 cm³/mol. The lowest BCUT2D eigenvalue weighted by atomic mass is 9.83. The number of carbonyl (C=O) groups is 1. The van der Waals surface area contributed by atoms with Gasteiger partial charge >= 0.3 is 0 Å². The Morgan fingerprint density at radius 3 is 2.58 bits per heavy atom. The first-order chi connectivity index (χ1) is 16.1. The van der Waals surface area contributed by atoms with Gasteiger partial charge in [-0.2, -0.15) is 9.78 Å². The van der Waals surface area contributed by atoms with Crippen molar-refractivity contribution in [1.29, 1.82) is 0 Å². The third-order valence-electron chi connectivity index (χ3n) is 6.07. The summed E-state index contributed by atoms with van der Waals surface area (Å²) in [6, 6.07) is 10.5. The van der Waals surface area contributed by atoms with E-state index in [0.717, 1.165) is 44.5 Å². The first-order valence-electron chi connectivity index (χ1n) is 11.3. The summed E-state index contributed by atoms with van der Waals surface area (Å²) in [6.07, 6.45) is 3.69. The Hall–Kier alpha value is -3.60. The molecule has 0 spiro atoms. The van der Waals surface area contributed by atoms with Gasteiger partial charge in [0.25, 0.3) is 5.91 Å². The number of hydrogen-bond acceptors (Lipinski definition) is 9. The van der Waals surface area contributed by atoms with Gasteiger partial charge in [-0.3, -0.25) is 9.69 Å². The first kappa shape index (κ1) is 22.6. The van der Waals surface area contributed by atoms with Crippen molar-refractivity contribution in [3.63, 3.8) is 0 Å². The van der Waals surface area contributed by atoms with Crippen molar-refractivity contribution in [2.45, 2.75) is 52.0 Å². The highest BCUT2D eigenvalue weighted by Gasteiger charge is 2.26. The highest BCUT2D eigenvalue weighted by Crippen LogP contribution is 2.31. The number of amides is 1. The molecule has 1 aromatic carbocycles. The van der Waals surface area contributed by atoms with Crippen LogP contribution in [-0.4, -0.2) is 54.9 Å². The van der Waals surface area contributed by atoms with Gasteiger partial charge in [0.05, 0.1) is 0 Å². The highest BCUT2D eigenvalue weighted by molar-refractivity contribution is 5.95. The summed E-state index contributed by atoms with van der Waals surface area (Å²) in [5, 5.41) is 20.1. The van der Waals surface area contributed by atoms with Crippen LogP contribution in [0.4, 0.5) is 5.82 Å². The van der Waals surface area contributed by atoms with Crippen LogP contribution in [0.25, 0.3) is 5.82 Å². The minimum atomic E-state index is -0.428. The van der Waals surface area contributed by atoms with Gasteiger partial charge in [-0.15, -0.1) is 5.10 Å². The number of anilines is 1. The minimum Gasteiger partial charge on any atom is -0.378 e. The summed E-state index contributed by atoms with van der Waals surface area (Å²) in [7, 11) is 0. The van der Waals surface area contributed by atoms with Crippen molar-refractivity contribution in [3.8, 4) is 5.82 Å². The standard InChI is InChI=1S/C22H29N9O2/c1-3-30(4-2)14-18-19(31(29-25-18)21-20(23)27-33-28-21)22(32)26-24-17-12-10-16(11-13-17)15-8-6-5-7-9-15/h5-9,16H,3-4,10-14H2,1-2H3,(H2,23,27)(H,26,32). The van der Waals surface area contributed by atoms with E-state index in [4.69, 9.17) is 5.73 Å². The van der Waals surface area contributed by atoms with Crippen LogP contribution in [-0.2, 0) is 6.54 Å². The van der Waals surface area contributed by atoms with E-state index in [0.29, 0.717) is 18.2 Å². The maximum Gasteiger partial charge on any atom is 0.292 e. The van der Waals surface area contributed by atoms with Crippen molar-refractivity contribution in [2.75, 3.05) is 18.8 Å². The molecule has 1 fully saturated rings. The van der Waals surface area contributed by atoms with Crippen molar-refractivity contribution < 1.29 is 9.42 Å². The van der Waals surface area contributed by atoms with E-state index < -0.39 is 5.91 Å². The number of hydrogen-bond donors (Lipinski definition) is 2. The molecule has 0 aliphatic heterocycles. The Balaban J connectivity index is 1.50. The van der Waals surface area contributed by atoms with Crippen molar-refractivity contribution in [2.24, 2.45) is 5.10 Å². The van der Waals surface area contributed by atoms with Gasteiger partial charge in [0, 0.05) is 12.3 Å². The van der Waals surface area contributed by atoms with Crippen LogP contribution in [0.3, 0.4) is 0 Å². The fourth-order valence-electron chi connectivity index (χ4n) is 4.10. The lowest BCUT2D eigenvalue weighted by Crippen LogP contribution is -2.28. The lowest BCUT2D eigenvalue weighted by Gasteiger charge is -2.23. The topological polar surface area (TPSA) is 140 Å². The number of nitrogens with one attached hydrogen (secondary N) is 1. The van der Waals surface area contributed by atoms with E-state index in [9.17, 15) is 4.79 Å². The maximum atomic E-state index is 13.2. The average molecular weight is 452 g/mol. The Morgan fingerprint density at radius 1 is 1.21 bits per heavy atom. The van der Waals surface area contributed by atoms with Crippen LogP contribution in [0.5, 0.6) is 0 Å². The summed E-state index contributed by atoms with van der Waals surface area (Å²) in [5.41, 5.74) is 11.6. The van der Waals surface area contributed by atoms with Crippen molar-refractivity contribution in [3.05, 3.63) is 47.3 Å². The molecule has 1 aliphatic carbocycles. The van der Waals surface area contributed by atoms with E-state index in [1.165, 1.54) is 10.2 Å². The van der Waals surface area contributed by atoms with Crippen LogP contribution in [0.2, 0.25) is 0 Å². The van der Waals surface area contributed by atoms with Gasteiger partial charge in [0.15, 0.2) is 5.69 Å². The van der Waals surface area contributed by atoms with Crippen molar-refractivity contribution >= 4 is 17.4 Å². The quantitative estimate of drug-likeness (QED) is 0.498. The zero-order valence-electron chi connectivity index (χ0n) is 18.9. The van der Waals surface area contributed by atoms with Gasteiger partial charge in [0.2, 0.25) is 11.6 Å². The molecule has 3 N–H and O–H groups in total. The SMILES string of the molecule is CCN(CC)Cc1nnn(-c2nonc2N)c1C(=O)NN=C1CCC(c2ccccc2)CC1. The van der Waals surface area contributed by atoms with Crippen LogP contribution in [0.1, 0.15) is 67.2 Å². The molecule has 174 valence electrons. The average Bonchev–Trinajstić information content (AvgIpc) is 3.47. The molecular formula is C22H29N9O2. The van der Waals surface area contributed by atoms with Gasteiger partial charge in [0.1, 0.15) is 5.69 Å². The van der Waals surface area contributed by atoms with Crippen LogP contribution in [0.15, 0.2) is 40.1 Å². The maximum absolute atomic E-state index is 13.2. The highest BCUT2D eigenvalue weighted by atomic mass is 16.6. The molecule has 0 unspecified atom stereocenters. The Bertz CT molecular complexity index is 1090. The molecule has 2 heterocycles. The van der Waals surface area contributed by atoms with E-state index in [1.807, 2.05) is 19.9 Å². The van der Waals surface area contributed by atoms with Crippen LogP contribution in [0, 0.1) is 0 Å². The number of nitrogen functional groups attached to an aromatic ring is 1. The smallest absolute Gasteiger partial charge is 0.292 e. The second-order valence-corrected chi connectivity index (χ2v) is 8.03. The molecule has 2 aromatic heterocycles. The van der Waals surface area contributed by atoms with E-state index in [2.05, 4.69) is 64.9 Å². The number of carbonyl (C=O) groups excluding carboxylic acids is 1. The Labute approximate surface area is 192 Å². The van der Waals surface area contributed by atoms with Crippen LogP contribution >= 0.6 is 0 Å². The predicted octanol–water partition coefficient (Wildman–Crippen LogP) is 2.52. The second-order valence-electron chi connectivity index (χ2n) is 8.03. The fraction of sp³-hybridized carbons (Fsp3) is 0.455. The molecule has 1 saturated carbocycles. The summed E-state index contributed by atoms with van der Waals surface area (Å²) in [5.74, 6) is 0.236. The summed E-state index contributed by atoms with van der Waals surface area (Å²) in [4.78, 5) is 15.3. The Kier molecular flexibility index (Phi) is 7.08. The fourth-order valence-corrected chi connectivity index (χ4v) is 4.10. The zero-order chi connectivity index (χ0) is 23.2. The Morgan fingerprint density at radius 2 is 1.94 bits per heavy atom. The third kappa shape index (κ3) is 5.08. The largest absolute Gasteiger partial charge is 0.378 e. The summed E-state index contributed by atoms with van der Waals surface area (Å²) < 4.78 is 5.94. The second kappa shape index (κ2) is 10.3. The lowest BCUT2D eigenvalue weighted by molar-refractivity contribution is 0.0944. The molecule has 3 aromatic rings. The van der Waals surface area contributed by atoms with E-state index in [1.54, 1.807) is 0 Å². The molecule has 11 heteroatoms. The number of benzene rings is 1. The number of nitrogens with two attached hydrogens (primary N) is 1. The molecule has 11 nitrogen and oxygen atoms in total. The molecule has 0 atom stereocenters. The first-order valence-corrected chi connectivity index (χ1v) is 11.3. The monoisotopic (exact) mass is 451 g/mol. The molecule has 4 rings (SSSR count). The van der Waals surface area contributed by atoms with Gasteiger partial charge in [-0.25, -0.2) is 10.1 Å². The summed E-state index contributed by atoms with van der Waals surface area (Å²) in [6.45, 7) is 6.16. The summed E-state index contributed by atoms with van der Waals surface area (Å²) >= 11 is 0. The van der Waals surface area contributed by atoms with E-state index >= 15 is 0 Å².